The third-order valence-corrected chi connectivity index (χ3v) is 4.65. The molecule has 6 heteroatoms. The molecule has 1 aliphatic heterocycles. The van der Waals surface area contributed by atoms with Crippen molar-refractivity contribution in [2.45, 2.75) is 44.4 Å². The summed E-state index contributed by atoms with van der Waals surface area (Å²) in [6.07, 6.45) is 2.18. The molecule has 0 aromatic carbocycles. The number of aliphatic carboxylic acids is 1. The summed E-state index contributed by atoms with van der Waals surface area (Å²) in [5.74, 6) is -0.370. The number of carbonyl (C=O) groups is 2. The van der Waals surface area contributed by atoms with Crippen molar-refractivity contribution in [3.63, 3.8) is 0 Å². The van der Waals surface area contributed by atoms with Gasteiger partial charge in [0, 0.05) is 11.3 Å². The van der Waals surface area contributed by atoms with Crippen LogP contribution in [0.25, 0.3) is 0 Å². The Bertz CT molecular complexity index is 304. The number of amides is 1. The molecule has 1 fully saturated rings. The van der Waals surface area contributed by atoms with E-state index in [0.717, 1.165) is 25.9 Å². The van der Waals surface area contributed by atoms with Gasteiger partial charge in [0.1, 0.15) is 0 Å². The van der Waals surface area contributed by atoms with Crippen LogP contribution in [0.1, 0.15) is 33.1 Å². The van der Waals surface area contributed by atoms with E-state index in [2.05, 4.69) is 10.6 Å². The van der Waals surface area contributed by atoms with Crippen LogP contribution in [0, 0.1) is 5.92 Å². The first-order valence-corrected chi connectivity index (χ1v) is 7.87. The summed E-state index contributed by atoms with van der Waals surface area (Å²) >= 11 is 1.68. The molecule has 1 aliphatic rings. The normalized spacial score (nSPS) is 18.3. The maximum atomic E-state index is 11.8. The maximum Gasteiger partial charge on any atom is 0.305 e. The molecule has 0 aromatic rings. The van der Waals surface area contributed by atoms with Crippen molar-refractivity contribution >= 4 is 23.6 Å². The van der Waals surface area contributed by atoms with Crippen molar-refractivity contribution < 1.29 is 14.7 Å². The Morgan fingerprint density at radius 2 is 2.00 bits per heavy atom. The Morgan fingerprint density at radius 3 is 2.53 bits per heavy atom. The van der Waals surface area contributed by atoms with Gasteiger partial charge >= 0.3 is 5.97 Å². The Labute approximate surface area is 118 Å². The molecule has 3 N–H and O–H groups in total. The van der Waals surface area contributed by atoms with E-state index in [4.69, 9.17) is 5.11 Å². The highest BCUT2D eigenvalue weighted by Gasteiger charge is 2.20. The topological polar surface area (TPSA) is 78.4 Å². The molecule has 0 spiro atoms. The Balaban J connectivity index is 2.29. The van der Waals surface area contributed by atoms with Crippen LogP contribution in [0.2, 0.25) is 0 Å². The minimum Gasteiger partial charge on any atom is -0.481 e. The zero-order chi connectivity index (χ0) is 14.3. The van der Waals surface area contributed by atoms with Crippen molar-refractivity contribution in [3.8, 4) is 0 Å². The smallest absolute Gasteiger partial charge is 0.305 e. The molecule has 110 valence electrons. The summed E-state index contributed by atoms with van der Waals surface area (Å²) in [6.45, 7) is 5.89. The number of rotatable bonds is 7. The Hall–Kier alpha value is -0.750. The zero-order valence-electron chi connectivity index (χ0n) is 11.6. The highest BCUT2D eigenvalue weighted by molar-refractivity contribution is 8.00. The van der Waals surface area contributed by atoms with E-state index in [1.54, 1.807) is 11.8 Å². The van der Waals surface area contributed by atoms with Crippen LogP contribution < -0.4 is 10.6 Å². The fraction of sp³-hybridized carbons (Fsp3) is 0.846. The third kappa shape index (κ3) is 6.82. The van der Waals surface area contributed by atoms with Gasteiger partial charge in [-0.3, -0.25) is 9.59 Å². The molecule has 1 heterocycles. The molecule has 0 aliphatic carbocycles. The van der Waals surface area contributed by atoms with Gasteiger partial charge in [0.05, 0.1) is 12.2 Å². The van der Waals surface area contributed by atoms with Gasteiger partial charge in [0.15, 0.2) is 0 Å². The van der Waals surface area contributed by atoms with E-state index >= 15 is 0 Å². The number of piperidine rings is 1. The zero-order valence-corrected chi connectivity index (χ0v) is 12.5. The minimum absolute atomic E-state index is 0.0125. The van der Waals surface area contributed by atoms with Crippen molar-refractivity contribution in [1.82, 2.24) is 10.6 Å². The molecule has 5 nitrogen and oxygen atoms in total. The Morgan fingerprint density at radius 1 is 1.37 bits per heavy atom. The van der Waals surface area contributed by atoms with E-state index in [9.17, 15) is 9.59 Å². The number of carboxylic acids is 1. The number of carbonyl (C=O) groups excluding carboxylic acids is 1. The van der Waals surface area contributed by atoms with Gasteiger partial charge in [-0.05, 0) is 31.8 Å². The fourth-order valence-electron chi connectivity index (χ4n) is 2.05. The lowest BCUT2D eigenvalue weighted by Crippen LogP contribution is -2.41. The lowest BCUT2D eigenvalue weighted by Gasteiger charge is -2.23. The second-order valence-electron chi connectivity index (χ2n) is 5.28. The lowest BCUT2D eigenvalue weighted by atomic mass is 10.0. The predicted molar refractivity (Wildman–Crippen MR) is 77.4 cm³/mol. The number of hydrogen-bond acceptors (Lipinski definition) is 4. The van der Waals surface area contributed by atoms with Gasteiger partial charge in [-0.1, -0.05) is 13.8 Å². The molecular formula is C13H24N2O3S. The SMILES string of the molecule is CC(C)C(CC(=O)O)NC(=O)CSC1CCNCC1. The van der Waals surface area contributed by atoms with E-state index in [1.165, 1.54) is 0 Å². The molecule has 1 unspecified atom stereocenters. The summed E-state index contributed by atoms with van der Waals surface area (Å²) in [5.41, 5.74) is 0. The monoisotopic (exact) mass is 288 g/mol. The quantitative estimate of drug-likeness (QED) is 0.653. The van der Waals surface area contributed by atoms with Gasteiger partial charge in [0.25, 0.3) is 0 Å². The van der Waals surface area contributed by atoms with Gasteiger partial charge in [-0.25, -0.2) is 0 Å². The van der Waals surface area contributed by atoms with Gasteiger partial charge in [0.2, 0.25) is 5.91 Å². The molecule has 0 bridgehead atoms. The van der Waals surface area contributed by atoms with Gasteiger partial charge in [-0.2, -0.15) is 0 Å². The first-order valence-electron chi connectivity index (χ1n) is 6.82. The van der Waals surface area contributed by atoms with Crippen molar-refractivity contribution in [2.75, 3.05) is 18.8 Å². The molecule has 1 saturated heterocycles. The van der Waals surface area contributed by atoms with Crippen LogP contribution in [0.4, 0.5) is 0 Å². The molecule has 0 radical (unpaired) electrons. The number of nitrogens with one attached hydrogen (secondary N) is 2. The molecule has 1 atom stereocenters. The summed E-state index contributed by atoms with van der Waals surface area (Å²) in [7, 11) is 0. The van der Waals surface area contributed by atoms with E-state index in [-0.39, 0.29) is 24.3 Å². The second-order valence-corrected chi connectivity index (χ2v) is 6.56. The Kier molecular flexibility index (Phi) is 7.23. The highest BCUT2D eigenvalue weighted by atomic mass is 32.2. The van der Waals surface area contributed by atoms with Gasteiger partial charge in [-0.15, -0.1) is 11.8 Å². The molecule has 19 heavy (non-hydrogen) atoms. The van der Waals surface area contributed by atoms with Crippen molar-refractivity contribution in [2.24, 2.45) is 5.92 Å². The average molecular weight is 288 g/mol. The van der Waals surface area contributed by atoms with Crippen molar-refractivity contribution in [3.05, 3.63) is 0 Å². The molecule has 0 saturated carbocycles. The van der Waals surface area contributed by atoms with Crippen molar-refractivity contribution in [1.29, 1.82) is 0 Å². The van der Waals surface area contributed by atoms with Crippen LogP contribution in [-0.2, 0) is 9.59 Å². The third-order valence-electron chi connectivity index (χ3n) is 3.28. The summed E-state index contributed by atoms with van der Waals surface area (Å²) in [4.78, 5) is 22.6. The number of thioether (sulfide) groups is 1. The summed E-state index contributed by atoms with van der Waals surface area (Å²) < 4.78 is 0. The average Bonchev–Trinajstić information content (AvgIpc) is 2.36. The number of hydrogen-bond donors (Lipinski definition) is 3. The minimum atomic E-state index is -0.870. The van der Waals surface area contributed by atoms with Crippen LogP contribution in [0.3, 0.4) is 0 Å². The highest BCUT2D eigenvalue weighted by Crippen LogP contribution is 2.19. The largest absolute Gasteiger partial charge is 0.481 e. The standard InChI is InChI=1S/C13H24N2O3S/c1-9(2)11(7-13(17)18)15-12(16)8-19-10-3-5-14-6-4-10/h9-11,14H,3-8H2,1-2H3,(H,15,16)(H,17,18). The summed E-state index contributed by atoms with van der Waals surface area (Å²) in [6, 6.07) is -0.279. The van der Waals surface area contributed by atoms with Crippen LogP contribution in [0.15, 0.2) is 0 Å². The molecule has 0 aromatic heterocycles. The first-order chi connectivity index (χ1) is 8.99. The summed E-state index contributed by atoms with van der Waals surface area (Å²) in [5, 5.41) is 15.5. The maximum absolute atomic E-state index is 11.8. The van der Waals surface area contributed by atoms with E-state index in [0.29, 0.717) is 11.0 Å². The van der Waals surface area contributed by atoms with Crippen LogP contribution >= 0.6 is 11.8 Å². The molecule has 1 rings (SSSR count). The lowest BCUT2D eigenvalue weighted by molar-refractivity contribution is -0.138. The first kappa shape index (κ1) is 16.3. The van der Waals surface area contributed by atoms with Gasteiger partial charge < -0.3 is 15.7 Å². The van der Waals surface area contributed by atoms with E-state index < -0.39 is 5.97 Å². The molecular weight excluding hydrogens is 264 g/mol. The number of carboxylic acid groups (broad SMARTS) is 1. The van der Waals surface area contributed by atoms with E-state index in [1.807, 2.05) is 13.8 Å². The predicted octanol–water partition coefficient (Wildman–Crippen LogP) is 1.09. The second kappa shape index (κ2) is 8.43. The van der Waals surface area contributed by atoms with Crippen LogP contribution in [0.5, 0.6) is 0 Å². The molecule has 1 amide bonds. The van der Waals surface area contributed by atoms with Crippen LogP contribution in [-0.4, -0.2) is 47.1 Å². The fourth-order valence-corrected chi connectivity index (χ4v) is 3.09.